The molecule has 0 aromatic carbocycles. The zero-order valence-corrected chi connectivity index (χ0v) is 10.0. The standard InChI is InChI=1S/C9H15NO6S/c1-2-8(11)15-5-6-16-9(12)10-4-3-7-17(13)14/h2H,1,3-7H2,(H,10,12)(H,13,14). The third-order valence-electron chi connectivity index (χ3n) is 1.49. The molecule has 2 N–H and O–H groups in total. The first-order valence-electron chi connectivity index (χ1n) is 4.83. The molecule has 8 heteroatoms. The van der Waals surface area contributed by atoms with Crippen LogP contribution in [0.5, 0.6) is 0 Å². The molecule has 7 nitrogen and oxygen atoms in total. The molecule has 0 aliphatic rings. The van der Waals surface area contributed by atoms with Crippen LogP contribution in [0.2, 0.25) is 0 Å². The van der Waals surface area contributed by atoms with Gasteiger partial charge in [-0.25, -0.2) is 13.8 Å². The minimum Gasteiger partial charge on any atom is -0.459 e. The van der Waals surface area contributed by atoms with Crippen LogP contribution < -0.4 is 5.32 Å². The lowest BCUT2D eigenvalue weighted by Gasteiger charge is -2.06. The van der Waals surface area contributed by atoms with Crippen molar-refractivity contribution in [2.45, 2.75) is 6.42 Å². The highest BCUT2D eigenvalue weighted by molar-refractivity contribution is 7.79. The average Bonchev–Trinajstić information content (AvgIpc) is 2.29. The molecule has 1 unspecified atom stereocenters. The normalized spacial score (nSPS) is 11.4. The molecular formula is C9H15NO6S. The summed E-state index contributed by atoms with van der Waals surface area (Å²) in [5, 5.41) is 2.37. The molecule has 0 aliphatic heterocycles. The molecule has 1 atom stereocenters. The number of amides is 1. The van der Waals surface area contributed by atoms with Crippen molar-refractivity contribution in [3.63, 3.8) is 0 Å². The van der Waals surface area contributed by atoms with E-state index in [2.05, 4.69) is 21.4 Å². The van der Waals surface area contributed by atoms with Gasteiger partial charge in [0.1, 0.15) is 13.2 Å². The number of nitrogens with one attached hydrogen (secondary N) is 1. The van der Waals surface area contributed by atoms with Crippen LogP contribution in [-0.2, 0) is 25.3 Å². The molecule has 0 rings (SSSR count). The fraction of sp³-hybridized carbons (Fsp3) is 0.556. The zero-order valence-electron chi connectivity index (χ0n) is 9.22. The number of esters is 1. The van der Waals surface area contributed by atoms with Crippen molar-refractivity contribution < 1.29 is 27.8 Å². The second-order valence-electron chi connectivity index (χ2n) is 2.81. The summed E-state index contributed by atoms with van der Waals surface area (Å²) in [6.07, 6.45) is 0.724. The van der Waals surface area contributed by atoms with Crippen molar-refractivity contribution >= 4 is 23.1 Å². The highest BCUT2D eigenvalue weighted by Crippen LogP contribution is 1.85. The summed E-state index contributed by atoms with van der Waals surface area (Å²) < 4.78 is 27.9. The summed E-state index contributed by atoms with van der Waals surface area (Å²) >= 11 is -1.85. The van der Waals surface area contributed by atoms with E-state index in [4.69, 9.17) is 4.55 Å². The van der Waals surface area contributed by atoms with Gasteiger partial charge >= 0.3 is 12.1 Å². The molecule has 0 spiro atoms. The number of carbonyl (C=O) groups is 2. The van der Waals surface area contributed by atoms with Gasteiger partial charge in [-0.15, -0.1) is 0 Å². The van der Waals surface area contributed by atoms with Crippen LogP contribution in [0, 0.1) is 0 Å². The summed E-state index contributed by atoms with van der Waals surface area (Å²) in [5.41, 5.74) is 0. The number of carbonyl (C=O) groups excluding carboxylic acids is 2. The topological polar surface area (TPSA) is 102 Å². The van der Waals surface area contributed by atoms with E-state index in [1.807, 2.05) is 0 Å². The van der Waals surface area contributed by atoms with Gasteiger partial charge in [0.25, 0.3) is 0 Å². The number of rotatable bonds is 8. The molecule has 98 valence electrons. The predicted octanol–water partition coefficient (Wildman–Crippen LogP) is 0.0536. The molecule has 17 heavy (non-hydrogen) atoms. The van der Waals surface area contributed by atoms with Crippen molar-refractivity contribution in [3.8, 4) is 0 Å². The van der Waals surface area contributed by atoms with Crippen LogP contribution in [0.15, 0.2) is 12.7 Å². The lowest BCUT2D eigenvalue weighted by molar-refractivity contribution is -0.138. The van der Waals surface area contributed by atoms with Crippen molar-refractivity contribution in [3.05, 3.63) is 12.7 Å². The Morgan fingerprint density at radius 1 is 1.35 bits per heavy atom. The summed E-state index contributed by atoms with van der Waals surface area (Å²) in [7, 11) is 0. The molecule has 0 aromatic rings. The Morgan fingerprint density at radius 2 is 2.00 bits per heavy atom. The van der Waals surface area contributed by atoms with Gasteiger partial charge in [-0.2, -0.15) is 0 Å². The summed E-state index contributed by atoms with van der Waals surface area (Å²) in [4.78, 5) is 21.6. The monoisotopic (exact) mass is 265 g/mol. The first-order valence-corrected chi connectivity index (χ1v) is 6.11. The lowest BCUT2D eigenvalue weighted by atomic mass is 10.5. The first-order chi connectivity index (χ1) is 8.06. The molecule has 0 fully saturated rings. The summed E-state index contributed by atoms with van der Waals surface area (Å²) in [6.45, 7) is 3.35. The second-order valence-corrected chi connectivity index (χ2v) is 3.86. The maximum atomic E-state index is 11.0. The molecule has 1 amide bonds. The molecule has 0 heterocycles. The quantitative estimate of drug-likeness (QED) is 0.278. The minimum absolute atomic E-state index is 0.0427. The Labute approximate surface area is 101 Å². The van der Waals surface area contributed by atoms with E-state index in [1.165, 1.54) is 0 Å². The number of ether oxygens (including phenoxy) is 2. The fourth-order valence-corrected chi connectivity index (χ4v) is 1.16. The van der Waals surface area contributed by atoms with Crippen molar-refractivity contribution in [2.24, 2.45) is 0 Å². The van der Waals surface area contributed by atoms with E-state index in [0.717, 1.165) is 6.08 Å². The summed E-state index contributed by atoms with van der Waals surface area (Å²) in [6, 6.07) is 0. The van der Waals surface area contributed by atoms with Gasteiger partial charge in [-0.1, -0.05) is 6.58 Å². The number of alkyl carbamates (subject to hydrolysis) is 1. The maximum Gasteiger partial charge on any atom is 0.407 e. The van der Waals surface area contributed by atoms with Gasteiger partial charge in [0.05, 0.1) is 5.75 Å². The third-order valence-corrected chi connectivity index (χ3v) is 2.13. The van der Waals surface area contributed by atoms with Crippen LogP contribution in [0.25, 0.3) is 0 Å². The molecule has 0 radical (unpaired) electrons. The smallest absolute Gasteiger partial charge is 0.407 e. The first kappa shape index (κ1) is 15.6. The number of hydrogen-bond acceptors (Lipinski definition) is 5. The Bertz CT molecular complexity index is 293. The van der Waals surface area contributed by atoms with Crippen LogP contribution in [0.1, 0.15) is 6.42 Å². The predicted molar refractivity (Wildman–Crippen MR) is 60.8 cm³/mol. The third kappa shape index (κ3) is 10.9. The SMILES string of the molecule is C=CC(=O)OCCOC(=O)NCCCS(=O)O. The minimum atomic E-state index is -1.85. The highest BCUT2D eigenvalue weighted by atomic mass is 32.2. The van der Waals surface area contributed by atoms with Crippen molar-refractivity contribution in [2.75, 3.05) is 25.5 Å². The molecule has 0 saturated carbocycles. The van der Waals surface area contributed by atoms with Crippen molar-refractivity contribution in [1.82, 2.24) is 5.32 Å². The molecule has 0 bridgehead atoms. The Morgan fingerprint density at radius 3 is 2.59 bits per heavy atom. The zero-order chi connectivity index (χ0) is 13.1. The van der Waals surface area contributed by atoms with Gasteiger partial charge in [0.15, 0.2) is 11.1 Å². The maximum absolute atomic E-state index is 11.0. The average molecular weight is 265 g/mol. The summed E-state index contributed by atoms with van der Waals surface area (Å²) in [5.74, 6) is -0.489. The highest BCUT2D eigenvalue weighted by Gasteiger charge is 2.02. The van der Waals surface area contributed by atoms with E-state index in [0.29, 0.717) is 6.42 Å². The Balaban J connectivity index is 3.37. The van der Waals surface area contributed by atoms with Gasteiger partial charge in [-0.05, 0) is 6.42 Å². The number of hydrogen-bond donors (Lipinski definition) is 2. The van der Waals surface area contributed by atoms with E-state index in [1.54, 1.807) is 0 Å². The van der Waals surface area contributed by atoms with E-state index >= 15 is 0 Å². The van der Waals surface area contributed by atoms with Crippen LogP contribution in [0.4, 0.5) is 4.79 Å². The largest absolute Gasteiger partial charge is 0.459 e. The molecular weight excluding hydrogens is 250 g/mol. The van der Waals surface area contributed by atoms with Crippen LogP contribution in [-0.4, -0.2) is 46.3 Å². The van der Waals surface area contributed by atoms with Gasteiger partial charge in [-0.3, -0.25) is 0 Å². The fourth-order valence-electron chi connectivity index (χ4n) is 0.773. The van der Waals surface area contributed by atoms with E-state index in [-0.39, 0.29) is 25.5 Å². The van der Waals surface area contributed by atoms with E-state index in [9.17, 15) is 13.8 Å². The van der Waals surface area contributed by atoms with Crippen LogP contribution >= 0.6 is 0 Å². The lowest BCUT2D eigenvalue weighted by Crippen LogP contribution is -2.27. The van der Waals surface area contributed by atoms with Gasteiger partial charge in [0, 0.05) is 12.6 Å². The molecule has 0 aliphatic carbocycles. The Kier molecular flexibility index (Phi) is 8.98. The molecule has 0 aromatic heterocycles. The van der Waals surface area contributed by atoms with E-state index < -0.39 is 23.1 Å². The van der Waals surface area contributed by atoms with Gasteiger partial charge < -0.3 is 19.3 Å². The van der Waals surface area contributed by atoms with Gasteiger partial charge in [0.2, 0.25) is 0 Å². The second kappa shape index (κ2) is 9.79. The van der Waals surface area contributed by atoms with Crippen molar-refractivity contribution in [1.29, 1.82) is 0 Å². The van der Waals surface area contributed by atoms with Crippen LogP contribution in [0.3, 0.4) is 0 Å². The Hall–Kier alpha value is -1.41. The molecule has 0 saturated heterocycles.